The van der Waals surface area contributed by atoms with Crippen LogP contribution in [-0.4, -0.2) is 15.6 Å². The van der Waals surface area contributed by atoms with Gasteiger partial charge in [-0.3, -0.25) is 0 Å². The highest BCUT2D eigenvalue weighted by molar-refractivity contribution is 5.32. The maximum absolute atomic E-state index is 8.98. The Morgan fingerprint density at radius 1 is 1.13 bits per heavy atom. The third kappa shape index (κ3) is 5.93. The van der Waals surface area contributed by atoms with Crippen LogP contribution in [-0.2, 0) is 19.5 Å². The van der Waals surface area contributed by atoms with Crippen molar-refractivity contribution in [3.8, 4) is 6.07 Å². The molecule has 31 heavy (non-hydrogen) atoms. The number of benzene rings is 2. The number of aromatic nitrogens is 2. The molecule has 0 radical (unpaired) electrons. The number of nitrogens with one attached hydrogen (secondary N) is 1. The van der Waals surface area contributed by atoms with E-state index >= 15 is 0 Å². The smallest absolute Gasteiger partial charge is 0.0991 e. The molecule has 4 heteroatoms. The van der Waals surface area contributed by atoms with Crippen LogP contribution in [0.25, 0.3) is 0 Å². The van der Waals surface area contributed by atoms with Crippen molar-refractivity contribution >= 4 is 0 Å². The maximum atomic E-state index is 8.98. The standard InChI is InChI=1S/C27H30N4/c1-21-5-4-7-24(13-21)14-25-6-2-3-8-26(15-25)30-18-27-17-29-20-31(27)19-23-11-9-22(16-28)10-12-23/h4-5,7,9-13,15,17,20,26,30H,2-3,6,8,14,18-19H2,1H3. The quantitative estimate of drug-likeness (QED) is 0.537. The van der Waals surface area contributed by atoms with Gasteiger partial charge >= 0.3 is 0 Å². The summed E-state index contributed by atoms with van der Waals surface area (Å²) < 4.78 is 2.18. The first-order chi connectivity index (χ1) is 15.2. The number of aryl methyl sites for hydroxylation is 1. The predicted octanol–water partition coefficient (Wildman–Crippen LogP) is 5.31. The third-order valence-corrected chi connectivity index (χ3v) is 5.99. The third-order valence-electron chi connectivity index (χ3n) is 5.99. The van der Waals surface area contributed by atoms with Crippen molar-refractivity contribution in [2.24, 2.45) is 0 Å². The van der Waals surface area contributed by atoms with Gasteiger partial charge in [0.25, 0.3) is 0 Å². The molecule has 1 aliphatic rings. The van der Waals surface area contributed by atoms with Gasteiger partial charge in [0.05, 0.1) is 23.7 Å². The van der Waals surface area contributed by atoms with Crippen molar-refractivity contribution in [1.82, 2.24) is 14.9 Å². The molecule has 4 rings (SSSR count). The molecule has 1 aromatic heterocycles. The lowest BCUT2D eigenvalue weighted by Gasteiger charge is -2.16. The highest BCUT2D eigenvalue weighted by Gasteiger charge is 2.13. The second-order valence-electron chi connectivity index (χ2n) is 8.55. The Labute approximate surface area is 185 Å². The second kappa shape index (κ2) is 10.2. The summed E-state index contributed by atoms with van der Waals surface area (Å²) in [4.78, 5) is 4.37. The van der Waals surface area contributed by atoms with Crippen molar-refractivity contribution in [3.63, 3.8) is 0 Å². The van der Waals surface area contributed by atoms with E-state index in [2.05, 4.69) is 58.2 Å². The predicted molar refractivity (Wildman–Crippen MR) is 125 cm³/mol. The van der Waals surface area contributed by atoms with Crippen LogP contribution in [0.3, 0.4) is 0 Å². The number of rotatable bonds is 7. The summed E-state index contributed by atoms with van der Waals surface area (Å²) in [5.74, 6) is 0. The molecule has 3 aromatic rings. The fourth-order valence-electron chi connectivity index (χ4n) is 4.31. The average Bonchev–Trinajstić information content (AvgIpc) is 3.09. The fourth-order valence-corrected chi connectivity index (χ4v) is 4.31. The van der Waals surface area contributed by atoms with Gasteiger partial charge in [-0.05, 0) is 55.9 Å². The van der Waals surface area contributed by atoms with Crippen LogP contribution in [0.15, 0.2) is 72.7 Å². The van der Waals surface area contributed by atoms with Crippen molar-refractivity contribution in [3.05, 3.63) is 101 Å². The molecular weight excluding hydrogens is 380 g/mol. The van der Waals surface area contributed by atoms with E-state index in [0.29, 0.717) is 11.6 Å². The SMILES string of the molecule is Cc1cccc(CC2=CC(NCc3cncn3Cc3ccc(C#N)cc3)CCCC2)c1. The molecule has 158 valence electrons. The molecule has 1 unspecified atom stereocenters. The van der Waals surface area contributed by atoms with Gasteiger partial charge < -0.3 is 9.88 Å². The van der Waals surface area contributed by atoms with E-state index in [-0.39, 0.29) is 0 Å². The van der Waals surface area contributed by atoms with Crippen LogP contribution in [0.5, 0.6) is 0 Å². The van der Waals surface area contributed by atoms with Crippen LogP contribution in [0.2, 0.25) is 0 Å². The summed E-state index contributed by atoms with van der Waals surface area (Å²) in [6.07, 6.45) is 12.3. The Morgan fingerprint density at radius 2 is 2.00 bits per heavy atom. The fraction of sp³-hybridized carbons (Fsp3) is 0.333. The number of hydrogen-bond acceptors (Lipinski definition) is 3. The highest BCUT2D eigenvalue weighted by Crippen LogP contribution is 2.22. The van der Waals surface area contributed by atoms with E-state index in [1.165, 1.54) is 48.1 Å². The van der Waals surface area contributed by atoms with E-state index in [9.17, 15) is 0 Å². The zero-order chi connectivity index (χ0) is 21.5. The lowest BCUT2D eigenvalue weighted by molar-refractivity contribution is 0.525. The first kappa shape index (κ1) is 21.1. The Balaban J connectivity index is 1.39. The summed E-state index contributed by atoms with van der Waals surface area (Å²) in [7, 11) is 0. The van der Waals surface area contributed by atoms with Gasteiger partial charge in [-0.25, -0.2) is 4.98 Å². The normalized spacial score (nSPS) is 16.4. The largest absolute Gasteiger partial charge is 0.329 e. The van der Waals surface area contributed by atoms with Gasteiger partial charge in [0.1, 0.15) is 0 Å². The van der Waals surface area contributed by atoms with Crippen LogP contribution >= 0.6 is 0 Å². The molecule has 0 aliphatic heterocycles. The van der Waals surface area contributed by atoms with Gasteiger partial charge in [0.15, 0.2) is 0 Å². The number of nitriles is 1. The Bertz CT molecular complexity index is 1070. The minimum absolute atomic E-state index is 0.403. The molecule has 0 spiro atoms. The van der Waals surface area contributed by atoms with Crippen molar-refractivity contribution in [2.75, 3.05) is 0 Å². The van der Waals surface area contributed by atoms with Gasteiger partial charge in [0, 0.05) is 25.3 Å². The molecule has 1 N–H and O–H groups in total. The van der Waals surface area contributed by atoms with E-state index in [1.807, 2.05) is 36.8 Å². The van der Waals surface area contributed by atoms with Gasteiger partial charge in [-0.1, -0.05) is 60.0 Å². The molecule has 0 saturated carbocycles. The van der Waals surface area contributed by atoms with Crippen LogP contribution in [0, 0.1) is 18.3 Å². The molecule has 0 saturated heterocycles. The Hall–Kier alpha value is -3.16. The molecule has 2 aromatic carbocycles. The molecule has 4 nitrogen and oxygen atoms in total. The topological polar surface area (TPSA) is 53.6 Å². The summed E-state index contributed by atoms with van der Waals surface area (Å²) >= 11 is 0. The van der Waals surface area contributed by atoms with Crippen LogP contribution in [0.1, 0.15) is 53.6 Å². The summed E-state index contributed by atoms with van der Waals surface area (Å²) in [5, 5.41) is 12.7. The van der Waals surface area contributed by atoms with Crippen molar-refractivity contribution in [1.29, 1.82) is 5.26 Å². The van der Waals surface area contributed by atoms with E-state index in [0.717, 1.165) is 19.5 Å². The molecule has 1 atom stereocenters. The number of imidazole rings is 1. The van der Waals surface area contributed by atoms with Crippen LogP contribution < -0.4 is 5.32 Å². The van der Waals surface area contributed by atoms with E-state index in [4.69, 9.17) is 5.26 Å². The molecule has 1 aliphatic carbocycles. The minimum Gasteiger partial charge on any atom is -0.329 e. The zero-order valence-corrected chi connectivity index (χ0v) is 18.2. The lowest BCUT2D eigenvalue weighted by atomic mass is 9.99. The van der Waals surface area contributed by atoms with Crippen molar-refractivity contribution < 1.29 is 0 Å². The van der Waals surface area contributed by atoms with Gasteiger partial charge in [-0.15, -0.1) is 0 Å². The molecular formula is C27H30N4. The van der Waals surface area contributed by atoms with Crippen molar-refractivity contribution in [2.45, 2.75) is 58.2 Å². The van der Waals surface area contributed by atoms with Gasteiger partial charge in [0.2, 0.25) is 0 Å². The maximum Gasteiger partial charge on any atom is 0.0991 e. The number of allylic oxidation sites excluding steroid dienone is 1. The minimum atomic E-state index is 0.403. The van der Waals surface area contributed by atoms with E-state index in [1.54, 1.807) is 5.57 Å². The number of nitrogens with zero attached hydrogens (tertiary/aromatic N) is 3. The first-order valence-corrected chi connectivity index (χ1v) is 11.2. The average molecular weight is 411 g/mol. The second-order valence-corrected chi connectivity index (χ2v) is 8.55. The zero-order valence-electron chi connectivity index (χ0n) is 18.2. The Kier molecular flexibility index (Phi) is 6.96. The summed E-state index contributed by atoms with van der Waals surface area (Å²) in [6, 6.07) is 19.2. The summed E-state index contributed by atoms with van der Waals surface area (Å²) in [5.41, 5.74) is 7.34. The van der Waals surface area contributed by atoms with E-state index < -0.39 is 0 Å². The molecule has 0 amide bonds. The summed E-state index contributed by atoms with van der Waals surface area (Å²) in [6.45, 7) is 3.73. The van der Waals surface area contributed by atoms with Crippen LogP contribution in [0.4, 0.5) is 0 Å². The lowest BCUT2D eigenvalue weighted by Crippen LogP contribution is -2.27. The Morgan fingerprint density at radius 3 is 2.81 bits per heavy atom. The first-order valence-electron chi connectivity index (χ1n) is 11.2. The molecule has 0 bridgehead atoms. The molecule has 0 fully saturated rings. The monoisotopic (exact) mass is 410 g/mol. The highest BCUT2D eigenvalue weighted by atomic mass is 15.1. The molecule has 1 heterocycles. The van der Waals surface area contributed by atoms with Gasteiger partial charge in [-0.2, -0.15) is 5.26 Å². The number of hydrogen-bond donors (Lipinski definition) is 1.